The predicted molar refractivity (Wildman–Crippen MR) is 134 cm³/mol. The molecule has 2 unspecified atom stereocenters. The number of ether oxygens (including phenoxy) is 1. The number of amides is 2. The molecule has 2 aromatic rings. The molecule has 2 aliphatic heterocycles. The Morgan fingerprint density at radius 2 is 1.72 bits per heavy atom. The van der Waals surface area contributed by atoms with E-state index in [-0.39, 0.29) is 34.5 Å². The Balaban J connectivity index is 1.37. The molecule has 1 aromatic heterocycles. The molecule has 4 rings (SSSR count). The van der Waals surface area contributed by atoms with Crippen molar-refractivity contribution in [2.24, 2.45) is 0 Å². The third kappa shape index (κ3) is 6.37. The minimum atomic E-state index is -4.55. The lowest BCUT2D eigenvalue weighted by atomic mass is 9.96. The number of hydrogen-bond acceptors (Lipinski definition) is 5. The lowest BCUT2D eigenvalue weighted by Crippen LogP contribution is -2.55. The quantitative estimate of drug-likeness (QED) is 0.352. The van der Waals surface area contributed by atoms with Crippen LogP contribution in [0.5, 0.6) is 5.75 Å². The van der Waals surface area contributed by atoms with Gasteiger partial charge in [0.05, 0.1) is 10.6 Å². The second-order valence-electron chi connectivity index (χ2n) is 10.4. The van der Waals surface area contributed by atoms with E-state index in [9.17, 15) is 31.5 Å². The van der Waals surface area contributed by atoms with Crippen LogP contribution in [0.2, 0.25) is 5.02 Å². The number of piperidine rings is 1. The van der Waals surface area contributed by atoms with Crippen LogP contribution in [0.1, 0.15) is 56.8 Å². The van der Waals surface area contributed by atoms with Gasteiger partial charge in [0.1, 0.15) is 17.6 Å². The molecule has 2 aliphatic rings. The number of alkyl halides is 3. The van der Waals surface area contributed by atoms with E-state index in [0.29, 0.717) is 18.7 Å². The van der Waals surface area contributed by atoms with Gasteiger partial charge in [-0.3, -0.25) is 9.59 Å². The second-order valence-corrected chi connectivity index (χ2v) is 10.8. The number of pyridine rings is 1. The van der Waals surface area contributed by atoms with Crippen molar-refractivity contribution >= 4 is 29.2 Å². The average molecular weight is 575 g/mol. The van der Waals surface area contributed by atoms with Gasteiger partial charge in [-0.1, -0.05) is 11.6 Å². The Morgan fingerprint density at radius 1 is 1.10 bits per heavy atom. The molecule has 0 spiro atoms. The molecule has 2 bridgehead atoms. The number of halogens is 6. The third-order valence-corrected chi connectivity index (χ3v) is 7.36. The summed E-state index contributed by atoms with van der Waals surface area (Å²) < 4.78 is 70.9. The highest BCUT2D eigenvalue weighted by molar-refractivity contribution is 6.32. The molecule has 7 nitrogen and oxygen atoms in total. The first-order chi connectivity index (χ1) is 18.2. The lowest BCUT2D eigenvalue weighted by molar-refractivity contribution is -0.149. The zero-order chi connectivity index (χ0) is 28.7. The summed E-state index contributed by atoms with van der Waals surface area (Å²) in [6.07, 6.45) is -0.364. The number of nitrogens with one attached hydrogen (secondary N) is 2. The zero-order valence-electron chi connectivity index (χ0n) is 21.4. The van der Waals surface area contributed by atoms with Gasteiger partial charge in [-0.15, -0.1) is 0 Å². The summed E-state index contributed by atoms with van der Waals surface area (Å²) in [6, 6.07) is 2.57. The number of carbonyl (C=O) groups excluding carboxylic acids is 2. The Labute approximate surface area is 227 Å². The van der Waals surface area contributed by atoms with Gasteiger partial charge in [0.15, 0.2) is 17.2 Å². The molecular formula is C26H28ClF5N4O3. The van der Waals surface area contributed by atoms with Crippen LogP contribution in [0.3, 0.4) is 0 Å². The minimum absolute atomic E-state index is 0.0210. The van der Waals surface area contributed by atoms with Crippen LogP contribution in [-0.2, 0) is 4.79 Å². The Hall–Kier alpha value is -3.15. The van der Waals surface area contributed by atoms with Gasteiger partial charge >= 0.3 is 6.18 Å². The number of rotatable bonds is 7. The van der Waals surface area contributed by atoms with Gasteiger partial charge < -0.3 is 20.3 Å². The van der Waals surface area contributed by atoms with Crippen molar-refractivity contribution in [1.82, 2.24) is 15.6 Å². The normalized spacial score (nSPS) is 21.9. The lowest BCUT2D eigenvalue weighted by Gasteiger charge is -2.40. The second kappa shape index (κ2) is 10.8. The van der Waals surface area contributed by atoms with Crippen LogP contribution in [0.25, 0.3) is 0 Å². The number of anilines is 1. The predicted octanol–water partition coefficient (Wildman–Crippen LogP) is 5.17. The molecule has 3 heterocycles. The van der Waals surface area contributed by atoms with Crippen molar-refractivity contribution < 1.29 is 36.3 Å². The van der Waals surface area contributed by atoms with Gasteiger partial charge in [-0.05, 0) is 64.7 Å². The van der Waals surface area contributed by atoms with E-state index in [0.717, 1.165) is 31.9 Å². The van der Waals surface area contributed by atoms with E-state index in [1.807, 2.05) is 5.32 Å². The number of nitrogens with zero attached hydrogens (tertiary/aromatic N) is 2. The van der Waals surface area contributed by atoms with Crippen molar-refractivity contribution in [3.05, 3.63) is 52.7 Å². The molecule has 13 heteroatoms. The fraction of sp³-hybridized carbons (Fsp3) is 0.500. The molecule has 2 fully saturated rings. The molecule has 1 aromatic carbocycles. The van der Waals surface area contributed by atoms with E-state index < -0.39 is 41.3 Å². The third-order valence-electron chi connectivity index (χ3n) is 7.07. The Morgan fingerprint density at radius 3 is 2.28 bits per heavy atom. The van der Waals surface area contributed by atoms with E-state index in [2.05, 4.69) is 15.2 Å². The monoisotopic (exact) mass is 574 g/mol. The number of fused-ring (bicyclic) bond motifs is 2. The SMILES string of the molecule is C[C@@H](NC(=O)c1ccc(N2C3CCC2CC(NC(=O)C(C)(C)Oc2cc(F)c(F)cc2Cl)C3)nc1)C(F)(F)F. The van der Waals surface area contributed by atoms with Crippen molar-refractivity contribution in [3.63, 3.8) is 0 Å². The number of benzene rings is 1. The first-order valence-corrected chi connectivity index (χ1v) is 12.8. The summed E-state index contributed by atoms with van der Waals surface area (Å²) in [5.41, 5.74) is -1.40. The van der Waals surface area contributed by atoms with Crippen molar-refractivity contribution in [1.29, 1.82) is 0 Å². The summed E-state index contributed by atoms with van der Waals surface area (Å²) in [5, 5.41) is 4.74. The molecule has 0 aliphatic carbocycles. The molecule has 0 radical (unpaired) electrons. The van der Waals surface area contributed by atoms with Crippen molar-refractivity contribution in [3.8, 4) is 5.75 Å². The van der Waals surface area contributed by atoms with Crippen LogP contribution in [-0.4, -0.2) is 52.7 Å². The highest BCUT2D eigenvalue weighted by Gasteiger charge is 2.43. The highest BCUT2D eigenvalue weighted by Crippen LogP contribution is 2.39. The van der Waals surface area contributed by atoms with Gasteiger partial charge in [0.25, 0.3) is 11.8 Å². The molecule has 2 N–H and O–H groups in total. The van der Waals surface area contributed by atoms with Crippen molar-refractivity contribution in [2.45, 2.75) is 82.4 Å². The fourth-order valence-corrected chi connectivity index (χ4v) is 5.16. The number of aromatic nitrogens is 1. The van der Waals surface area contributed by atoms with Gasteiger partial charge in [0, 0.05) is 30.4 Å². The maximum Gasteiger partial charge on any atom is 0.408 e. The largest absolute Gasteiger partial charge is 0.476 e. The molecule has 212 valence electrons. The first-order valence-electron chi connectivity index (χ1n) is 12.4. The number of hydrogen-bond donors (Lipinski definition) is 2. The summed E-state index contributed by atoms with van der Waals surface area (Å²) in [5.74, 6) is -3.13. The van der Waals surface area contributed by atoms with E-state index in [1.165, 1.54) is 26.1 Å². The number of carbonyl (C=O) groups is 2. The van der Waals surface area contributed by atoms with Gasteiger partial charge in [-0.25, -0.2) is 13.8 Å². The molecule has 2 saturated heterocycles. The summed E-state index contributed by atoms with van der Waals surface area (Å²) in [4.78, 5) is 31.7. The minimum Gasteiger partial charge on any atom is -0.476 e. The Kier molecular flexibility index (Phi) is 7.98. The van der Waals surface area contributed by atoms with Crippen LogP contribution in [0, 0.1) is 11.6 Å². The Bertz CT molecular complexity index is 1230. The topological polar surface area (TPSA) is 83.6 Å². The van der Waals surface area contributed by atoms with Crippen LogP contribution in [0.15, 0.2) is 30.5 Å². The highest BCUT2D eigenvalue weighted by atomic mass is 35.5. The van der Waals surface area contributed by atoms with Crippen LogP contribution in [0.4, 0.5) is 27.8 Å². The summed E-state index contributed by atoms with van der Waals surface area (Å²) in [6.45, 7) is 3.87. The van der Waals surface area contributed by atoms with Crippen LogP contribution >= 0.6 is 11.6 Å². The molecule has 2 amide bonds. The maximum absolute atomic E-state index is 13.6. The van der Waals surface area contributed by atoms with E-state index in [4.69, 9.17) is 16.3 Å². The summed E-state index contributed by atoms with van der Waals surface area (Å²) in [7, 11) is 0. The first kappa shape index (κ1) is 28.8. The molecule has 3 atom stereocenters. The van der Waals surface area contributed by atoms with Gasteiger partial charge in [0.2, 0.25) is 0 Å². The van der Waals surface area contributed by atoms with E-state index >= 15 is 0 Å². The summed E-state index contributed by atoms with van der Waals surface area (Å²) >= 11 is 5.95. The standard InChI is InChI=1S/C26H28ClF5N4O3/c1-13(26(30,31)32)34-23(37)14-4-7-22(33-12-14)36-16-5-6-17(36)9-15(8-16)35-24(38)25(2,3)39-21-11-20(29)19(28)10-18(21)27/h4,7,10-13,15-17H,5-6,8-9H2,1-3H3,(H,34,37)(H,35,38)/t13-,15?,16?,17?/m1/s1. The van der Waals surface area contributed by atoms with Crippen molar-refractivity contribution in [2.75, 3.05) is 4.90 Å². The molecular weight excluding hydrogens is 547 g/mol. The average Bonchev–Trinajstić information content (AvgIpc) is 3.11. The smallest absolute Gasteiger partial charge is 0.408 e. The fourth-order valence-electron chi connectivity index (χ4n) is 4.97. The molecule has 39 heavy (non-hydrogen) atoms. The van der Waals surface area contributed by atoms with E-state index in [1.54, 1.807) is 6.07 Å². The maximum atomic E-state index is 13.6. The molecule has 0 saturated carbocycles. The zero-order valence-corrected chi connectivity index (χ0v) is 22.2. The van der Waals surface area contributed by atoms with Crippen LogP contribution < -0.4 is 20.3 Å². The van der Waals surface area contributed by atoms with Gasteiger partial charge in [-0.2, -0.15) is 13.2 Å².